The molecule has 1 saturated heterocycles. The second-order valence-corrected chi connectivity index (χ2v) is 7.90. The molecule has 0 radical (unpaired) electrons. The van der Waals surface area contributed by atoms with E-state index in [1.165, 1.54) is 5.56 Å². The van der Waals surface area contributed by atoms with Gasteiger partial charge in [0.25, 0.3) is 5.91 Å². The van der Waals surface area contributed by atoms with Gasteiger partial charge in [-0.05, 0) is 49.7 Å². The fraction of sp³-hybridized carbons (Fsp3) is 0.320. The number of hydrogen-bond donors (Lipinski definition) is 0. The molecule has 0 unspecified atom stereocenters. The Labute approximate surface area is 188 Å². The SMILES string of the molecule is COc1ccccc1-c1ccc(N2CCN(C(=O)COc3ccc(C)cc3C)CC2)nn1. The minimum atomic E-state index is 0.00206. The monoisotopic (exact) mass is 432 g/mol. The molecular formula is C25H28N4O3. The van der Waals surface area contributed by atoms with Crippen molar-refractivity contribution in [2.75, 3.05) is 44.8 Å². The highest BCUT2D eigenvalue weighted by atomic mass is 16.5. The van der Waals surface area contributed by atoms with Gasteiger partial charge in [0.05, 0.1) is 12.8 Å². The number of carbonyl (C=O) groups excluding carboxylic acids is 1. The molecule has 32 heavy (non-hydrogen) atoms. The Morgan fingerprint density at radius 1 is 0.938 bits per heavy atom. The zero-order chi connectivity index (χ0) is 22.5. The molecule has 7 nitrogen and oxygen atoms in total. The number of aromatic nitrogens is 2. The normalized spacial score (nSPS) is 13.7. The summed E-state index contributed by atoms with van der Waals surface area (Å²) in [7, 11) is 1.65. The predicted molar refractivity (Wildman–Crippen MR) is 124 cm³/mol. The second-order valence-electron chi connectivity index (χ2n) is 7.90. The van der Waals surface area contributed by atoms with Crippen molar-refractivity contribution in [3.63, 3.8) is 0 Å². The fourth-order valence-electron chi connectivity index (χ4n) is 3.87. The lowest BCUT2D eigenvalue weighted by Crippen LogP contribution is -2.50. The zero-order valence-electron chi connectivity index (χ0n) is 18.7. The van der Waals surface area contributed by atoms with Gasteiger partial charge in [-0.1, -0.05) is 29.8 Å². The molecule has 0 aliphatic carbocycles. The molecule has 7 heteroatoms. The summed E-state index contributed by atoms with van der Waals surface area (Å²) in [4.78, 5) is 16.6. The van der Waals surface area contributed by atoms with Crippen molar-refractivity contribution < 1.29 is 14.3 Å². The maximum Gasteiger partial charge on any atom is 0.260 e. The highest BCUT2D eigenvalue weighted by molar-refractivity contribution is 5.78. The van der Waals surface area contributed by atoms with Crippen molar-refractivity contribution in [3.05, 3.63) is 65.7 Å². The van der Waals surface area contributed by atoms with E-state index in [1.807, 2.05) is 67.3 Å². The van der Waals surface area contributed by atoms with Gasteiger partial charge >= 0.3 is 0 Å². The van der Waals surface area contributed by atoms with Crippen LogP contribution >= 0.6 is 0 Å². The third-order valence-electron chi connectivity index (χ3n) is 5.67. The maximum absolute atomic E-state index is 12.6. The summed E-state index contributed by atoms with van der Waals surface area (Å²) in [5.74, 6) is 2.34. The number of carbonyl (C=O) groups is 1. The number of amides is 1. The molecule has 2 aromatic carbocycles. The van der Waals surface area contributed by atoms with Crippen LogP contribution in [0.3, 0.4) is 0 Å². The molecule has 2 heterocycles. The minimum Gasteiger partial charge on any atom is -0.496 e. The molecule has 1 aromatic heterocycles. The number of methoxy groups -OCH3 is 1. The summed E-state index contributed by atoms with van der Waals surface area (Å²) in [6.07, 6.45) is 0. The molecule has 0 N–H and O–H groups in total. The van der Waals surface area contributed by atoms with Crippen LogP contribution in [0.2, 0.25) is 0 Å². The largest absolute Gasteiger partial charge is 0.496 e. The first-order valence-electron chi connectivity index (χ1n) is 10.7. The predicted octanol–water partition coefficient (Wildman–Crippen LogP) is 3.50. The number of aryl methyl sites for hydroxylation is 2. The molecule has 1 amide bonds. The fourth-order valence-corrected chi connectivity index (χ4v) is 3.87. The van der Waals surface area contributed by atoms with E-state index >= 15 is 0 Å². The molecule has 0 atom stereocenters. The van der Waals surface area contributed by atoms with Crippen molar-refractivity contribution >= 4 is 11.7 Å². The van der Waals surface area contributed by atoms with E-state index < -0.39 is 0 Å². The number of benzene rings is 2. The van der Waals surface area contributed by atoms with Crippen LogP contribution in [0.4, 0.5) is 5.82 Å². The molecule has 4 rings (SSSR count). The third kappa shape index (κ3) is 4.82. The van der Waals surface area contributed by atoms with Crippen LogP contribution in [0.1, 0.15) is 11.1 Å². The van der Waals surface area contributed by atoms with Crippen LogP contribution in [-0.4, -0.2) is 60.9 Å². The minimum absolute atomic E-state index is 0.00206. The van der Waals surface area contributed by atoms with Crippen molar-refractivity contribution in [1.82, 2.24) is 15.1 Å². The molecule has 0 saturated carbocycles. The summed E-state index contributed by atoms with van der Waals surface area (Å²) < 4.78 is 11.2. The Hall–Kier alpha value is -3.61. The number of para-hydroxylation sites is 1. The second kappa shape index (κ2) is 9.68. The molecule has 3 aromatic rings. The van der Waals surface area contributed by atoms with Crippen LogP contribution in [-0.2, 0) is 4.79 Å². The molecule has 0 spiro atoms. The molecule has 0 bridgehead atoms. The highest BCUT2D eigenvalue weighted by Gasteiger charge is 2.23. The van der Waals surface area contributed by atoms with Crippen LogP contribution in [0, 0.1) is 13.8 Å². The molecule has 1 fully saturated rings. The summed E-state index contributed by atoms with van der Waals surface area (Å²) in [5, 5.41) is 8.80. The number of piperazine rings is 1. The Balaban J connectivity index is 1.32. The summed E-state index contributed by atoms with van der Waals surface area (Å²) in [5.41, 5.74) is 3.89. The first kappa shape index (κ1) is 21.6. The van der Waals surface area contributed by atoms with Crippen molar-refractivity contribution in [2.45, 2.75) is 13.8 Å². The van der Waals surface area contributed by atoms with Gasteiger partial charge in [-0.15, -0.1) is 10.2 Å². The number of hydrogen-bond acceptors (Lipinski definition) is 6. The number of rotatable bonds is 6. The van der Waals surface area contributed by atoms with Crippen molar-refractivity contribution in [3.8, 4) is 22.8 Å². The van der Waals surface area contributed by atoms with Crippen LogP contribution in [0.15, 0.2) is 54.6 Å². The Morgan fingerprint density at radius 2 is 1.72 bits per heavy atom. The quantitative estimate of drug-likeness (QED) is 0.594. The first-order valence-corrected chi connectivity index (χ1v) is 10.7. The average molecular weight is 433 g/mol. The Morgan fingerprint density at radius 3 is 2.41 bits per heavy atom. The zero-order valence-corrected chi connectivity index (χ0v) is 18.7. The molecule has 166 valence electrons. The molecular weight excluding hydrogens is 404 g/mol. The standard InChI is InChI=1S/C25H28N4O3/c1-18-8-10-22(19(2)16-18)32-17-25(30)29-14-12-28(13-15-29)24-11-9-21(26-27-24)20-6-4-5-7-23(20)31-3/h4-11,16H,12-15,17H2,1-3H3. The number of anilines is 1. The van der Waals surface area contributed by atoms with E-state index in [2.05, 4.69) is 21.2 Å². The van der Waals surface area contributed by atoms with Gasteiger partial charge in [0.2, 0.25) is 0 Å². The molecule has 1 aliphatic rings. The van der Waals surface area contributed by atoms with Gasteiger partial charge < -0.3 is 19.3 Å². The van der Waals surface area contributed by atoms with Crippen LogP contribution in [0.25, 0.3) is 11.3 Å². The lowest BCUT2D eigenvalue weighted by molar-refractivity contribution is -0.133. The van der Waals surface area contributed by atoms with Crippen molar-refractivity contribution in [1.29, 1.82) is 0 Å². The van der Waals surface area contributed by atoms with Gasteiger partial charge in [0.1, 0.15) is 11.5 Å². The molecule has 1 aliphatic heterocycles. The topological polar surface area (TPSA) is 67.8 Å². The van der Waals surface area contributed by atoms with Gasteiger partial charge in [-0.2, -0.15) is 0 Å². The van der Waals surface area contributed by atoms with Crippen LogP contribution in [0.5, 0.6) is 11.5 Å². The lowest BCUT2D eigenvalue weighted by atomic mass is 10.1. The summed E-state index contributed by atoms with van der Waals surface area (Å²) in [6, 6.07) is 17.6. The van der Waals surface area contributed by atoms with E-state index in [0.29, 0.717) is 26.2 Å². The van der Waals surface area contributed by atoms with E-state index in [4.69, 9.17) is 9.47 Å². The van der Waals surface area contributed by atoms with E-state index in [0.717, 1.165) is 34.1 Å². The van der Waals surface area contributed by atoms with Crippen molar-refractivity contribution in [2.24, 2.45) is 0 Å². The number of nitrogens with zero attached hydrogens (tertiary/aromatic N) is 4. The first-order chi connectivity index (χ1) is 15.5. The van der Waals surface area contributed by atoms with Crippen LogP contribution < -0.4 is 14.4 Å². The van der Waals surface area contributed by atoms with Gasteiger partial charge in [0.15, 0.2) is 12.4 Å². The van der Waals surface area contributed by atoms with E-state index in [9.17, 15) is 4.79 Å². The average Bonchev–Trinajstić information content (AvgIpc) is 2.83. The van der Waals surface area contributed by atoms with Gasteiger partial charge in [-0.25, -0.2) is 0 Å². The maximum atomic E-state index is 12.6. The van der Waals surface area contributed by atoms with Gasteiger partial charge in [0, 0.05) is 31.7 Å². The Kier molecular flexibility index (Phi) is 6.54. The van der Waals surface area contributed by atoms with E-state index in [-0.39, 0.29) is 12.5 Å². The van der Waals surface area contributed by atoms with E-state index in [1.54, 1.807) is 7.11 Å². The smallest absolute Gasteiger partial charge is 0.260 e. The summed E-state index contributed by atoms with van der Waals surface area (Å²) in [6.45, 7) is 6.76. The van der Waals surface area contributed by atoms with Gasteiger partial charge in [-0.3, -0.25) is 4.79 Å². The third-order valence-corrected chi connectivity index (χ3v) is 5.67. The Bertz CT molecular complexity index is 1080. The lowest BCUT2D eigenvalue weighted by Gasteiger charge is -2.35. The number of ether oxygens (including phenoxy) is 2. The summed E-state index contributed by atoms with van der Waals surface area (Å²) >= 11 is 0. The highest BCUT2D eigenvalue weighted by Crippen LogP contribution is 2.28.